The van der Waals surface area contributed by atoms with E-state index in [1.54, 1.807) is 30.3 Å². The van der Waals surface area contributed by atoms with Gasteiger partial charge in [0.1, 0.15) is 11.9 Å². The average molecular weight is 306 g/mol. The van der Waals surface area contributed by atoms with Gasteiger partial charge in [-0.2, -0.15) is 5.26 Å². The standard InChI is InChI=1S/C13H9BrFN3/c14-10-6-9(4-5-11(10)15)18-12-3-1-2-8(7-16)13(12)17/h1-6,18H,17H2. The van der Waals surface area contributed by atoms with Gasteiger partial charge in [0.05, 0.1) is 21.4 Å². The van der Waals surface area contributed by atoms with Gasteiger partial charge in [-0.25, -0.2) is 4.39 Å². The van der Waals surface area contributed by atoms with E-state index < -0.39 is 0 Å². The maximum atomic E-state index is 13.1. The fourth-order valence-corrected chi connectivity index (χ4v) is 1.88. The number of anilines is 3. The Morgan fingerprint density at radius 1 is 1.28 bits per heavy atom. The monoisotopic (exact) mass is 305 g/mol. The van der Waals surface area contributed by atoms with Crippen LogP contribution >= 0.6 is 15.9 Å². The Bertz CT molecular complexity index is 635. The lowest BCUT2D eigenvalue weighted by atomic mass is 10.1. The molecule has 90 valence electrons. The van der Waals surface area contributed by atoms with Gasteiger partial charge in [0.15, 0.2) is 0 Å². The third kappa shape index (κ3) is 2.44. The minimum absolute atomic E-state index is 0.334. The number of benzene rings is 2. The molecule has 0 heterocycles. The lowest BCUT2D eigenvalue weighted by molar-refractivity contribution is 0.621. The van der Waals surface area contributed by atoms with Crippen molar-refractivity contribution in [1.29, 1.82) is 5.26 Å². The summed E-state index contributed by atoms with van der Waals surface area (Å²) in [5.41, 5.74) is 7.92. The summed E-state index contributed by atoms with van der Waals surface area (Å²) in [6.45, 7) is 0. The topological polar surface area (TPSA) is 61.8 Å². The molecule has 18 heavy (non-hydrogen) atoms. The van der Waals surface area contributed by atoms with E-state index in [0.29, 0.717) is 27.1 Å². The third-order valence-electron chi connectivity index (χ3n) is 2.43. The zero-order chi connectivity index (χ0) is 13.1. The van der Waals surface area contributed by atoms with Crippen molar-refractivity contribution in [3.8, 4) is 6.07 Å². The van der Waals surface area contributed by atoms with E-state index in [2.05, 4.69) is 21.2 Å². The molecular formula is C13H9BrFN3. The molecule has 0 saturated heterocycles. The number of hydrogen-bond donors (Lipinski definition) is 2. The molecule has 2 aromatic carbocycles. The van der Waals surface area contributed by atoms with Gasteiger partial charge in [-0.15, -0.1) is 0 Å². The minimum Gasteiger partial charge on any atom is -0.396 e. The van der Waals surface area contributed by atoms with Gasteiger partial charge in [0.2, 0.25) is 0 Å². The van der Waals surface area contributed by atoms with E-state index in [4.69, 9.17) is 11.0 Å². The number of nitriles is 1. The van der Waals surface area contributed by atoms with Gasteiger partial charge in [-0.05, 0) is 46.3 Å². The number of rotatable bonds is 2. The van der Waals surface area contributed by atoms with Crippen LogP contribution in [0.4, 0.5) is 21.5 Å². The fourth-order valence-electron chi connectivity index (χ4n) is 1.50. The van der Waals surface area contributed by atoms with Gasteiger partial charge in [-0.3, -0.25) is 0 Å². The Balaban J connectivity index is 2.35. The molecule has 2 aromatic rings. The highest BCUT2D eigenvalue weighted by molar-refractivity contribution is 9.10. The van der Waals surface area contributed by atoms with Crippen molar-refractivity contribution in [1.82, 2.24) is 0 Å². The van der Waals surface area contributed by atoms with Gasteiger partial charge in [0.25, 0.3) is 0 Å². The van der Waals surface area contributed by atoms with Crippen molar-refractivity contribution in [3.05, 3.63) is 52.3 Å². The third-order valence-corrected chi connectivity index (χ3v) is 3.03. The first-order chi connectivity index (χ1) is 8.61. The van der Waals surface area contributed by atoms with Crippen LogP contribution in [0.1, 0.15) is 5.56 Å². The number of halogens is 2. The van der Waals surface area contributed by atoms with Crippen molar-refractivity contribution in [2.45, 2.75) is 0 Å². The predicted molar refractivity (Wildman–Crippen MR) is 73.0 cm³/mol. The maximum Gasteiger partial charge on any atom is 0.137 e. The minimum atomic E-state index is -0.334. The fraction of sp³-hybridized carbons (Fsp3) is 0. The van der Waals surface area contributed by atoms with Crippen LogP contribution in [0.2, 0.25) is 0 Å². The van der Waals surface area contributed by atoms with Crippen molar-refractivity contribution in [3.63, 3.8) is 0 Å². The first kappa shape index (κ1) is 12.4. The summed E-state index contributed by atoms with van der Waals surface area (Å²) < 4.78 is 13.5. The zero-order valence-corrected chi connectivity index (χ0v) is 10.8. The largest absolute Gasteiger partial charge is 0.396 e. The highest BCUT2D eigenvalue weighted by Crippen LogP contribution is 2.28. The van der Waals surface area contributed by atoms with Crippen LogP contribution in [0.5, 0.6) is 0 Å². The average Bonchev–Trinajstić information content (AvgIpc) is 2.36. The van der Waals surface area contributed by atoms with Crippen molar-refractivity contribution in [2.24, 2.45) is 0 Å². The molecule has 0 atom stereocenters. The van der Waals surface area contributed by atoms with Crippen LogP contribution in [0.25, 0.3) is 0 Å². The summed E-state index contributed by atoms with van der Waals surface area (Å²) in [4.78, 5) is 0. The Morgan fingerprint density at radius 3 is 2.72 bits per heavy atom. The second-order valence-electron chi connectivity index (χ2n) is 3.63. The summed E-state index contributed by atoms with van der Waals surface area (Å²) in [6.07, 6.45) is 0. The van der Waals surface area contributed by atoms with Gasteiger partial charge in [-0.1, -0.05) is 6.07 Å². The molecule has 5 heteroatoms. The van der Waals surface area contributed by atoms with Crippen LogP contribution < -0.4 is 11.1 Å². The Kier molecular flexibility index (Phi) is 3.49. The quantitative estimate of drug-likeness (QED) is 0.830. The van der Waals surface area contributed by atoms with E-state index in [1.165, 1.54) is 6.07 Å². The molecule has 0 amide bonds. The second-order valence-corrected chi connectivity index (χ2v) is 4.49. The highest BCUT2D eigenvalue weighted by Gasteiger charge is 2.06. The van der Waals surface area contributed by atoms with E-state index in [0.717, 1.165) is 0 Å². The van der Waals surface area contributed by atoms with Crippen LogP contribution in [0, 0.1) is 17.1 Å². The number of para-hydroxylation sites is 1. The summed E-state index contributed by atoms with van der Waals surface area (Å²) in [5.74, 6) is -0.334. The first-order valence-electron chi connectivity index (χ1n) is 5.12. The highest BCUT2D eigenvalue weighted by atomic mass is 79.9. The summed E-state index contributed by atoms with van der Waals surface area (Å²) in [6, 6.07) is 11.7. The number of hydrogen-bond acceptors (Lipinski definition) is 3. The molecular weight excluding hydrogens is 297 g/mol. The Labute approximate surface area is 112 Å². The lowest BCUT2D eigenvalue weighted by Gasteiger charge is -2.10. The first-order valence-corrected chi connectivity index (χ1v) is 5.92. The SMILES string of the molecule is N#Cc1cccc(Nc2ccc(F)c(Br)c2)c1N. The Morgan fingerprint density at radius 2 is 2.06 bits per heavy atom. The predicted octanol–water partition coefficient (Wildman–Crippen LogP) is 3.79. The van der Waals surface area contributed by atoms with Crippen molar-refractivity contribution >= 4 is 33.0 Å². The summed E-state index contributed by atoms with van der Waals surface area (Å²) in [5, 5.41) is 11.9. The van der Waals surface area contributed by atoms with Gasteiger partial charge < -0.3 is 11.1 Å². The molecule has 0 unspecified atom stereocenters. The van der Waals surface area contributed by atoms with Crippen molar-refractivity contribution < 1.29 is 4.39 Å². The molecule has 2 rings (SSSR count). The normalized spacial score (nSPS) is 9.83. The number of nitrogens with zero attached hydrogens (tertiary/aromatic N) is 1. The van der Waals surface area contributed by atoms with Crippen LogP contribution in [-0.2, 0) is 0 Å². The molecule has 0 bridgehead atoms. The smallest absolute Gasteiger partial charge is 0.137 e. The lowest BCUT2D eigenvalue weighted by Crippen LogP contribution is -1.98. The molecule has 3 nitrogen and oxygen atoms in total. The Hall–Kier alpha value is -2.06. The number of nitrogens with one attached hydrogen (secondary N) is 1. The van der Waals surface area contributed by atoms with Gasteiger partial charge >= 0.3 is 0 Å². The molecule has 0 aliphatic heterocycles. The maximum absolute atomic E-state index is 13.1. The van der Waals surface area contributed by atoms with Crippen LogP contribution in [0.3, 0.4) is 0 Å². The van der Waals surface area contributed by atoms with E-state index in [9.17, 15) is 4.39 Å². The number of nitrogen functional groups attached to an aromatic ring is 1. The summed E-state index contributed by atoms with van der Waals surface area (Å²) in [7, 11) is 0. The van der Waals surface area contributed by atoms with Crippen LogP contribution in [-0.4, -0.2) is 0 Å². The molecule has 0 aliphatic rings. The molecule has 0 saturated carbocycles. The molecule has 3 N–H and O–H groups in total. The van der Waals surface area contributed by atoms with Gasteiger partial charge in [0, 0.05) is 5.69 Å². The summed E-state index contributed by atoms with van der Waals surface area (Å²) >= 11 is 3.11. The zero-order valence-electron chi connectivity index (χ0n) is 9.24. The van der Waals surface area contributed by atoms with Crippen molar-refractivity contribution in [2.75, 3.05) is 11.1 Å². The van der Waals surface area contributed by atoms with E-state index in [1.807, 2.05) is 6.07 Å². The molecule has 0 aromatic heterocycles. The molecule has 0 aliphatic carbocycles. The van der Waals surface area contributed by atoms with Crippen LogP contribution in [0.15, 0.2) is 40.9 Å². The number of nitrogens with two attached hydrogens (primary N) is 1. The van der Waals surface area contributed by atoms with E-state index in [-0.39, 0.29) is 5.82 Å². The molecule has 0 spiro atoms. The van der Waals surface area contributed by atoms with E-state index >= 15 is 0 Å². The second kappa shape index (κ2) is 5.07. The molecule has 0 radical (unpaired) electrons. The molecule has 0 fully saturated rings.